The molecule has 1 aliphatic rings. The van der Waals surface area contributed by atoms with E-state index in [0.717, 1.165) is 6.42 Å². The number of benzene rings is 3. The summed E-state index contributed by atoms with van der Waals surface area (Å²) in [5.41, 5.74) is 9.11. The molecule has 0 saturated carbocycles. The summed E-state index contributed by atoms with van der Waals surface area (Å²) in [4.78, 5) is 0. The molecule has 0 aromatic heterocycles. The molecule has 0 fully saturated rings. The van der Waals surface area contributed by atoms with Gasteiger partial charge in [0.1, 0.15) is 0 Å². The number of rotatable bonds is 7. The number of unbranched alkanes of at least 4 members (excludes halogenated alkanes) is 1. The number of halogens is 3. The Labute approximate surface area is 242 Å². The van der Waals surface area contributed by atoms with Crippen molar-refractivity contribution >= 4 is 0 Å². The Balaban J connectivity index is 0.00000204. The molecule has 3 aromatic rings. The third-order valence-electron chi connectivity index (χ3n) is 6.77. The smallest absolute Gasteiger partial charge is 1.00 e. The SMILES string of the molecule is CCCCC1=C[C]([Ti+3])(C(c2cccc(C)c2)(c2cccc(C)c2)c2cccc(C)c2)C=C1.[Cl-].[Cl-].[Cl-]. The normalized spacial score (nSPS) is 16.6. The zero-order chi connectivity index (χ0) is 22.8. The summed E-state index contributed by atoms with van der Waals surface area (Å²) >= 11 is 2.43. The molecule has 0 radical (unpaired) electrons. The van der Waals surface area contributed by atoms with Crippen LogP contribution in [0, 0.1) is 20.8 Å². The molecule has 0 amide bonds. The van der Waals surface area contributed by atoms with Crippen molar-refractivity contribution in [2.24, 2.45) is 0 Å². The third-order valence-corrected chi connectivity index (χ3v) is 7.84. The first-order valence-corrected chi connectivity index (χ1v) is 12.5. The molecule has 0 spiro atoms. The van der Waals surface area contributed by atoms with E-state index < -0.39 is 0 Å². The first kappa shape index (κ1) is 31.8. The fourth-order valence-electron chi connectivity index (χ4n) is 5.25. The van der Waals surface area contributed by atoms with Crippen LogP contribution in [-0.4, -0.2) is 0 Å². The largest absolute Gasteiger partial charge is 1.00 e. The van der Waals surface area contributed by atoms with Gasteiger partial charge in [-0.3, -0.25) is 0 Å². The van der Waals surface area contributed by atoms with Gasteiger partial charge in [-0.1, -0.05) is 0 Å². The van der Waals surface area contributed by atoms with Gasteiger partial charge in [-0.2, -0.15) is 0 Å². The molecule has 3 aromatic carbocycles. The maximum Gasteiger partial charge on any atom is -1.00 e. The van der Waals surface area contributed by atoms with Crippen molar-refractivity contribution < 1.29 is 57.7 Å². The Hall–Kier alpha value is -1.28. The molecule has 1 unspecified atom stereocenters. The van der Waals surface area contributed by atoms with E-state index >= 15 is 0 Å². The fraction of sp³-hybridized carbons (Fsp3) is 0.290. The zero-order valence-electron chi connectivity index (χ0n) is 20.9. The van der Waals surface area contributed by atoms with Crippen LogP contribution in [0.15, 0.2) is 96.6 Å². The summed E-state index contributed by atoms with van der Waals surface area (Å²) in [6.07, 6.45) is 11.0. The van der Waals surface area contributed by atoms with Crippen LogP contribution in [0.25, 0.3) is 0 Å². The average molecular weight is 560 g/mol. The van der Waals surface area contributed by atoms with Gasteiger partial charge in [0.25, 0.3) is 0 Å². The van der Waals surface area contributed by atoms with Crippen LogP contribution < -0.4 is 37.2 Å². The van der Waals surface area contributed by atoms with Crippen molar-refractivity contribution in [3.05, 3.63) is 130 Å². The molecule has 35 heavy (non-hydrogen) atoms. The van der Waals surface area contributed by atoms with E-state index in [2.05, 4.69) is 139 Å². The van der Waals surface area contributed by atoms with Gasteiger partial charge in [0.2, 0.25) is 0 Å². The van der Waals surface area contributed by atoms with Crippen LogP contribution in [0.5, 0.6) is 0 Å². The molecule has 1 aliphatic carbocycles. The van der Waals surface area contributed by atoms with Gasteiger partial charge in [-0.05, 0) is 0 Å². The minimum atomic E-state index is -0.318. The van der Waals surface area contributed by atoms with Gasteiger partial charge >= 0.3 is 207 Å². The van der Waals surface area contributed by atoms with E-state index in [-0.39, 0.29) is 46.4 Å². The molecule has 0 bridgehead atoms. The third kappa shape index (κ3) is 6.18. The second-order valence-electron chi connectivity index (χ2n) is 9.38. The van der Waals surface area contributed by atoms with Crippen LogP contribution in [0.1, 0.15) is 59.6 Å². The summed E-state index contributed by atoms with van der Waals surface area (Å²) in [6, 6.07) is 27.4. The standard InChI is InChI=1S/C31H33.3ClH.Ti/c1-5-6-13-26-17-18-30(22-26)31(27-14-7-10-23(2)19-27,28-15-8-11-24(3)20-28)29-16-9-12-25(4)21-29;;;;/h7-12,14-22H,5-6,13H2,1-4H3;3*1H;/q;;;;+3/p-3. The van der Waals surface area contributed by atoms with Gasteiger partial charge in [0.15, 0.2) is 0 Å². The number of allylic oxidation sites excluding steroid dienone is 4. The van der Waals surface area contributed by atoms with Gasteiger partial charge in [-0.25, -0.2) is 0 Å². The Kier molecular flexibility index (Phi) is 12.1. The van der Waals surface area contributed by atoms with Crippen molar-refractivity contribution in [2.75, 3.05) is 0 Å². The minimum absolute atomic E-state index is 0. The Morgan fingerprint density at radius 2 is 1.14 bits per heavy atom. The molecule has 4 rings (SSSR count). The van der Waals surface area contributed by atoms with Gasteiger partial charge in [0, 0.05) is 0 Å². The van der Waals surface area contributed by atoms with E-state index in [4.69, 9.17) is 0 Å². The molecule has 0 N–H and O–H groups in total. The number of hydrogen-bond acceptors (Lipinski definition) is 0. The van der Waals surface area contributed by atoms with Crippen LogP contribution in [0.4, 0.5) is 0 Å². The van der Waals surface area contributed by atoms with Crippen molar-refractivity contribution in [1.29, 1.82) is 0 Å². The van der Waals surface area contributed by atoms with Gasteiger partial charge in [-0.15, -0.1) is 0 Å². The molecule has 0 nitrogen and oxygen atoms in total. The monoisotopic (exact) mass is 558 g/mol. The predicted octanol–water partition coefficient (Wildman–Crippen LogP) is -0.650. The van der Waals surface area contributed by atoms with Crippen molar-refractivity contribution in [3.8, 4) is 0 Å². The van der Waals surface area contributed by atoms with E-state index in [1.165, 1.54) is 51.8 Å². The molecular weight excluding hydrogens is 527 g/mol. The van der Waals surface area contributed by atoms with E-state index in [0.29, 0.717) is 0 Å². The quantitative estimate of drug-likeness (QED) is 0.267. The Morgan fingerprint density at radius 3 is 1.51 bits per heavy atom. The molecule has 0 saturated heterocycles. The van der Waals surface area contributed by atoms with Crippen LogP contribution >= 0.6 is 0 Å². The van der Waals surface area contributed by atoms with Crippen LogP contribution in [-0.2, 0) is 25.9 Å². The van der Waals surface area contributed by atoms with Crippen LogP contribution in [0.2, 0.25) is 3.72 Å². The molecule has 182 valence electrons. The summed E-state index contributed by atoms with van der Waals surface area (Å²) in [5, 5.41) is 0. The summed E-state index contributed by atoms with van der Waals surface area (Å²) in [5.74, 6) is 0. The molecule has 1 atom stereocenters. The van der Waals surface area contributed by atoms with E-state index in [9.17, 15) is 0 Å². The van der Waals surface area contributed by atoms with Gasteiger partial charge < -0.3 is 37.2 Å². The first-order valence-electron chi connectivity index (χ1n) is 11.8. The molecular formula is C31H33Cl3Ti. The maximum atomic E-state index is 2.55. The zero-order valence-corrected chi connectivity index (χ0v) is 24.7. The number of hydrogen-bond donors (Lipinski definition) is 0. The summed E-state index contributed by atoms with van der Waals surface area (Å²) in [6.45, 7) is 8.89. The molecule has 0 aliphatic heterocycles. The minimum Gasteiger partial charge on any atom is -1.00 e. The average Bonchev–Trinajstić information content (AvgIpc) is 3.15. The molecule has 4 heteroatoms. The Bertz CT molecular complexity index is 1070. The van der Waals surface area contributed by atoms with E-state index in [1.54, 1.807) is 0 Å². The van der Waals surface area contributed by atoms with E-state index in [1.807, 2.05) is 0 Å². The Morgan fingerprint density at radius 1 is 0.714 bits per heavy atom. The second-order valence-corrected chi connectivity index (χ2v) is 10.7. The topological polar surface area (TPSA) is 0 Å². The fourth-order valence-corrected chi connectivity index (χ4v) is 6.34. The van der Waals surface area contributed by atoms with Gasteiger partial charge in [0.05, 0.1) is 0 Å². The first-order chi connectivity index (χ1) is 15.4. The molecule has 0 heterocycles. The van der Waals surface area contributed by atoms with Crippen molar-refractivity contribution in [3.63, 3.8) is 0 Å². The number of aryl methyl sites for hydroxylation is 3. The van der Waals surface area contributed by atoms with Crippen LogP contribution in [0.3, 0.4) is 0 Å². The van der Waals surface area contributed by atoms with Crippen molar-refractivity contribution in [2.45, 2.75) is 56.1 Å². The predicted molar refractivity (Wildman–Crippen MR) is 133 cm³/mol. The maximum absolute atomic E-state index is 2.55. The second kappa shape index (κ2) is 13.3. The van der Waals surface area contributed by atoms with Crippen molar-refractivity contribution in [1.82, 2.24) is 0 Å². The summed E-state index contributed by atoms with van der Waals surface area (Å²) < 4.78 is -0.175. The summed E-state index contributed by atoms with van der Waals surface area (Å²) in [7, 11) is 0.